The third-order valence-corrected chi connectivity index (χ3v) is 3.19. The molecule has 0 bridgehead atoms. The Morgan fingerprint density at radius 3 is 1.90 bits per heavy atom. The van der Waals surface area contributed by atoms with Gasteiger partial charge in [0.25, 0.3) is 0 Å². The van der Waals surface area contributed by atoms with Crippen molar-refractivity contribution in [1.82, 2.24) is 4.90 Å². The van der Waals surface area contributed by atoms with Gasteiger partial charge in [-0.25, -0.2) is 4.79 Å². The van der Waals surface area contributed by atoms with Crippen molar-refractivity contribution < 1.29 is 14.3 Å². The predicted octanol–water partition coefficient (Wildman–Crippen LogP) is 4.01. The number of benzene rings is 1. The van der Waals surface area contributed by atoms with Gasteiger partial charge in [-0.3, -0.25) is 0 Å². The summed E-state index contributed by atoms with van der Waals surface area (Å²) in [6.45, 7) is 9.82. The van der Waals surface area contributed by atoms with E-state index in [1.165, 1.54) is 0 Å². The van der Waals surface area contributed by atoms with Crippen LogP contribution in [0.15, 0.2) is 24.3 Å². The SMILES string of the molecule is COc1ccc([C@@H](C)OC(=O)N(C(C)C)C(C)C)cc1. The van der Waals surface area contributed by atoms with Crippen LogP contribution in [-0.2, 0) is 4.74 Å². The highest BCUT2D eigenvalue weighted by Crippen LogP contribution is 2.22. The van der Waals surface area contributed by atoms with Crippen LogP contribution in [0.4, 0.5) is 4.79 Å². The molecular formula is C16H25NO3. The zero-order valence-electron chi connectivity index (χ0n) is 13.2. The number of rotatable bonds is 5. The van der Waals surface area contributed by atoms with E-state index in [9.17, 15) is 4.79 Å². The average Bonchev–Trinajstić information content (AvgIpc) is 2.37. The first-order chi connectivity index (χ1) is 9.36. The summed E-state index contributed by atoms with van der Waals surface area (Å²) in [4.78, 5) is 13.9. The lowest BCUT2D eigenvalue weighted by Crippen LogP contribution is -2.42. The molecule has 0 heterocycles. The van der Waals surface area contributed by atoms with E-state index in [0.29, 0.717) is 0 Å². The Bertz CT molecular complexity index is 418. The van der Waals surface area contributed by atoms with Gasteiger partial charge in [0.2, 0.25) is 0 Å². The minimum Gasteiger partial charge on any atom is -0.497 e. The first-order valence-electron chi connectivity index (χ1n) is 6.99. The van der Waals surface area contributed by atoms with Gasteiger partial charge in [-0.1, -0.05) is 12.1 Å². The van der Waals surface area contributed by atoms with Crippen molar-refractivity contribution in [3.63, 3.8) is 0 Å². The van der Waals surface area contributed by atoms with E-state index in [1.54, 1.807) is 12.0 Å². The van der Waals surface area contributed by atoms with Gasteiger partial charge in [-0.2, -0.15) is 0 Å². The molecular weight excluding hydrogens is 254 g/mol. The largest absolute Gasteiger partial charge is 0.497 e. The molecule has 1 aromatic rings. The summed E-state index contributed by atoms with van der Waals surface area (Å²) >= 11 is 0. The molecule has 1 atom stereocenters. The Balaban J connectivity index is 2.73. The summed E-state index contributed by atoms with van der Waals surface area (Å²) in [7, 11) is 1.63. The number of amides is 1. The lowest BCUT2D eigenvalue weighted by atomic mass is 10.1. The van der Waals surface area contributed by atoms with Crippen molar-refractivity contribution in [2.75, 3.05) is 7.11 Å². The molecule has 1 rings (SSSR count). The topological polar surface area (TPSA) is 38.8 Å². The number of nitrogens with zero attached hydrogens (tertiary/aromatic N) is 1. The van der Waals surface area contributed by atoms with Crippen molar-refractivity contribution in [2.24, 2.45) is 0 Å². The molecule has 0 saturated heterocycles. The van der Waals surface area contributed by atoms with Gasteiger partial charge in [0.05, 0.1) is 7.11 Å². The van der Waals surface area contributed by atoms with Gasteiger partial charge in [-0.15, -0.1) is 0 Å². The second-order valence-corrected chi connectivity index (χ2v) is 5.39. The molecule has 4 heteroatoms. The Hall–Kier alpha value is -1.71. The van der Waals surface area contributed by atoms with Crippen LogP contribution in [0.2, 0.25) is 0 Å². The summed E-state index contributed by atoms with van der Waals surface area (Å²) in [5.41, 5.74) is 0.951. The van der Waals surface area contributed by atoms with Gasteiger partial charge < -0.3 is 14.4 Å². The smallest absolute Gasteiger partial charge is 0.410 e. The second kappa shape index (κ2) is 7.17. The van der Waals surface area contributed by atoms with E-state index in [-0.39, 0.29) is 24.3 Å². The van der Waals surface area contributed by atoms with Crippen molar-refractivity contribution >= 4 is 6.09 Å². The molecule has 4 nitrogen and oxygen atoms in total. The average molecular weight is 279 g/mol. The molecule has 1 aromatic carbocycles. The fourth-order valence-corrected chi connectivity index (χ4v) is 2.17. The standard InChI is InChI=1S/C16H25NO3/c1-11(2)17(12(3)4)16(18)20-13(5)14-7-9-15(19-6)10-8-14/h7-13H,1-6H3/t13-/m1/s1. The van der Waals surface area contributed by atoms with E-state index in [1.807, 2.05) is 58.9 Å². The monoisotopic (exact) mass is 279 g/mol. The Morgan fingerprint density at radius 2 is 1.50 bits per heavy atom. The first kappa shape index (κ1) is 16.3. The van der Waals surface area contributed by atoms with Crippen LogP contribution < -0.4 is 4.74 Å². The minimum absolute atomic E-state index is 0.116. The van der Waals surface area contributed by atoms with Gasteiger partial charge in [0.15, 0.2) is 0 Å². The molecule has 0 aromatic heterocycles. The van der Waals surface area contributed by atoms with Gasteiger partial charge >= 0.3 is 6.09 Å². The van der Waals surface area contributed by atoms with E-state index >= 15 is 0 Å². The number of carbonyl (C=O) groups is 1. The number of carbonyl (C=O) groups excluding carboxylic acids is 1. The van der Waals surface area contributed by atoms with Crippen LogP contribution in [0.25, 0.3) is 0 Å². The third-order valence-electron chi connectivity index (χ3n) is 3.19. The van der Waals surface area contributed by atoms with Crippen molar-refractivity contribution in [3.05, 3.63) is 29.8 Å². The highest BCUT2D eigenvalue weighted by Gasteiger charge is 2.23. The van der Waals surface area contributed by atoms with Crippen LogP contribution >= 0.6 is 0 Å². The van der Waals surface area contributed by atoms with E-state index in [4.69, 9.17) is 9.47 Å². The summed E-state index contributed by atoms with van der Waals surface area (Å²) in [6, 6.07) is 7.78. The van der Waals surface area contributed by atoms with E-state index in [2.05, 4.69) is 0 Å². The van der Waals surface area contributed by atoms with Crippen molar-refractivity contribution in [3.8, 4) is 5.75 Å². The molecule has 0 aliphatic heterocycles. The molecule has 0 aliphatic carbocycles. The maximum atomic E-state index is 12.2. The highest BCUT2D eigenvalue weighted by molar-refractivity contribution is 5.68. The van der Waals surface area contributed by atoms with Crippen molar-refractivity contribution in [1.29, 1.82) is 0 Å². The molecule has 0 aliphatic rings. The molecule has 0 radical (unpaired) electrons. The van der Waals surface area contributed by atoms with Crippen molar-refractivity contribution in [2.45, 2.75) is 52.8 Å². The zero-order chi connectivity index (χ0) is 15.3. The number of hydrogen-bond donors (Lipinski definition) is 0. The van der Waals surface area contributed by atoms with Gasteiger partial charge in [0, 0.05) is 12.1 Å². The molecule has 0 spiro atoms. The van der Waals surface area contributed by atoms with Crippen LogP contribution in [0.5, 0.6) is 5.75 Å². The minimum atomic E-state index is -0.284. The summed E-state index contributed by atoms with van der Waals surface area (Å²) in [5, 5.41) is 0. The fourth-order valence-electron chi connectivity index (χ4n) is 2.17. The summed E-state index contributed by atoms with van der Waals surface area (Å²) in [5.74, 6) is 0.790. The maximum absolute atomic E-state index is 12.2. The first-order valence-corrected chi connectivity index (χ1v) is 6.99. The number of ether oxygens (including phenoxy) is 2. The Morgan fingerprint density at radius 1 is 1.00 bits per heavy atom. The fraction of sp³-hybridized carbons (Fsp3) is 0.562. The predicted molar refractivity (Wildman–Crippen MR) is 80.0 cm³/mol. The molecule has 0 saturated carbocycles. The summed E-state index contributed by atoms with van der Waals surface area (Å²) in [6.07, 6.45) is -0.563. The van der Waals surface area contributed by atoms with Crippen LogP contribution in [0, 0.1) is 0 Å². The molecule has 1 amide bonds. The maximum Gasteiger partial charge on any atom is 0.410 e. The highest BCUT2D eigenvalue weighted by atomic mass is 16.6. The zero-order valence-corrected chi connectivity index (χ0v) is 13.2. The number of hydrogen-bond acceptors (Lipinski definition) is 3. The van der Waals surface area contributed by atoms with E-state index < -0.39 is 0 Å². The van der Waals surface area contributed by atoms with Gasteiger partial charge in [0.1, 0.15) is 11.9 Å². The molecule has 0 N–H and O–H groups in total. The quantitative estimate of drug-likeness (QED) is 0.817. The molecule has 20 heavy (non-hydrogen) atoms. The molecule has 0 unspecified atom stereocenters. The molecule has 112 valence electrons. The second-order valence-electron chi connectivity index (χ2n) is 5.39. The number of methoxy groups -OCH3 is 1. The van der Waals surface area contributed by atoms with Crippen LogP contribution in [-0.4, -0.2) is 30.2 Å². The van der Waals surface area contributed by atoms with E-state index in [0.717, 1.165) is 11.3 Å². The summed E-state index contributed by atoms with van der Waals surface area (Å²) < 4.78 is 10.7. The van der Waals surface area contributed by atoms with Gasteiger partial charge in [-0.05, 0) is 52.3 Å². The lowest BCUT2D eigenvalue weighted by molar-refractivity contribution is 0.0511. The molecule has 0 fully saturated rings. The normalized spacial score (nSPS) is 12.4. The van der Waals surface area contributed by atoms with Crippen LogP contribution in [0.1, 0.15) is 46.3 Å². The Kier molecular flexibility index (Phi) is 5.86. The van der Waals surface area contributed by atoms with Crippen LogP contribution in [0.3, 0.4) is 0 Å². The third kappa shape index (κ3) is 4.15. The lowest BCUT2D eigenvalue weighted by Gasteiger charge is -2.31. The Labute approximate surface area is 121 Å².